The van der Waals surface area contributed by atoms with Crippen LogP contribution in [0.1, 0.15) is 41.8 Å². The summed E-state index contributed by atoms with van der Waals surface area (Å²) in [5.41, 5.74) is 3.43. The summed E-state index contributed by atoms with van der Waals surface area (Å²) in [6, 6.07) is 11.2. The summed E-state index contributed by atoms with van der Waals surface area (Å²) < 4.78 is 16.6. The predicted octanol–water partition coefficient (Wildman–Crippen LogP) is 3.35. The molecule has 8 nitrogen and oxygen atoms in total. The van der Waals surface area contributed by atoms with Gasteiger partial charge < -0.3 is 29.3 Å². The molecule has 0 saturated carbocycles. The molecule has 2 aromatic carbocycles. The molecule has 0 amide bonds. The van der Waals surface area contributed by atoms with Crippen molar-refractivity contribution in [3.8, 4) is 17.2 Å². The SMILES string of the molecule is CCN(CC)CCCN1C2=C(NC1Cc1cc(OC)c(OC)c(OC)c1)C(=O)C(=O)c1ccccc12. The standard InChI is InChI=1S/C28H35N3O5/c1-6-30(7-2)13-10-14-31-23(17-18-15-21(34-3)28(36-5)22(16-18)35-4)29-24-25(31)19-11-8-9-12-20(19)26(32)27(24)33/h8-9,11-12,15-16,23,29H,6-7,10,13-14,17H2,1-5H3. The number of nitrogens with one attached hydrogen (secondary N) is 1. The molecule has 0 fully saturated rings. The van der Waals surface area contributed by atoms with Crippen molar-refractivity contribution in [2.75, 3.05) is 47.5 Å². The van der Waals surface area contributed by atoms with Crippen molar-refractivity contribution < 1.29 is 23.8 Å². The van der Waals surface area contributed by atoms with Gasteiger partial charge >= 0.3 is 0 Å². The molecule has 8 heteroatoms. The molecule has 2 aromatic rings. The Morgan fingerprint density at radius 3 is 2.14 bits per heavy atom. The van der Waals surface area contributed by atoms with Gasteiger partial charge in [-0.3, -0.25) is 9.59 Å². The van der Waals surface area contributed by atoms with Crippen LogP contribution in [0.4, 0.5) is 0 Å². The molecule has 192 valence electrons. The maximum atomic E-state index is 13.1. The van der Waals surface area contributed by atoms with Crippen molar-refractivity contribution in [1.29, 1.82) is 0 Å². The monoisotopic (exact) mass is 493 g/mol. The highest BCUT2D eigenvalue weighted by molar-refractivity contribution is 6.52. The molecule has 1 atom stereocenters. The van der Waals surface area contributed by atoms with Crippen molar-refractivity contribution in [3.05, 3.63) is 58.8 Å². The highest BCUT2D eigenvalue weighted by Crippen LogP contribution is 2.41. The highest BCUT2D eigenvalue weighted by atomic mass is 16.5. The van der Waals surface area contributed by atoms with E-state index in [9.17, 15) is 9.59 Å². The molecule has 1 heterocycles. The van der Waals surface area contributed by atoms with E-state index in [1.54, 1.807) is 33.5 Å². The van der Waals surface area contributed by atoms with Gasteiger partial charge in [0.15, 0.2) is 11.5 Å². The molecule has 1 unspecified atom stereocenters. The van der Waals surface area contributed by atoms with Crippen molar-refractivity contribution in [1.82, 2.24) is 15.1 Å². The predicted molar refractivity (Wildman–Crippen MR) is 139 cm³/mol. The van der Waals surface area contributed by atoms with Gasteiger partial charge in [0.25, 0.3) is 5.78 Å². The number of hydrogen-bond donors (Lipinski definition) is 1. The van der Waals surface area contributed by atoms with E-state index in [1.807, 2.05) is 24.3 Å². The normalized spacial score (nSPS) is 16.7. The number of carbonyl (C=O) groups is 2. The van der Waals surface area contributed by atoms with Crippen molar-refractivity contribution in [3.63, 3.8) is 0 Å². The van der Waals surface area contributed by atoms with Crippen molar-refractivity contribution in [2.45, 2.75) is 32.9 Å². The summed E-state index contributed by atoms with van der Waals surface area (Å²) in [4.78, 5) is 30.6. The second-order valence-electron chi connectivity index (χ2n) is 8.90. The van der Waals surface area contributed by atoms with E-state index in [0.29, 0.717) is 34.9 Å². The first-order valence-corrected chi connectivity index (χ1v) is 12.4. The molecule has 0 radical (unpaired) electrons. The first-order valence-electron chi connectivity index (χ1n) is 12.4. The maximum absolute atomic E-state index is 13.1. The molecule has 0 bridgehead atoms. The van der Waals surface area contributed by atoms with Gasteiger partial charge in [0.05, 0.1) is 27.0 Å². The van der Waals surface area contributed by atoms with Crippen LogP contribution in [0.5, 0.6) is 17.2 Å². The van der Waals surface area contributed by atoms with Gasteiger partial charge in [-0.1, -0.05) is 38.1 Å². The summed E-state index contributed by atoms with van der Waals surface area (Å²) in [5, 5.41) is 3.39. The Morgan fingerprint density at radius 1 is 0.917 bits per heavy atom. The Morgan fingerprint density at radius 2 is 1.56 bits per heavy atom. The average molecular weight is 494 g/mol. The molecular formula is C28H35N3O5. The number of ketones is 2. The van der Waals surface area contributed by atoms with Gasteiger partial charge in [-0.05, 0) is 43.8 Å². The maximum Gasteiger partial charge on any atom is 0.251 e. The van der Waals surface area contributed by atoms with Crippen molar-refractivity contribution in [2.24, 2.45) is 0 Å². The lowest BCUT2D eigenvalue weighted by Gasteiger charge is -2.31. The third-order valence-corrected chi connectivity index (χ3v) is 6.99. The summed E-state index contributed by atoms with van der Waals surface area (Å²) in [6.07, 6.45) is 1.28. The van der Waals surface area contributed by atoms with Gasteiger partial charge in [-0.15, -0.1) is 0 Å². The number of fused-ring (bicyclic) bond motifs is 2. The van der Waals surface area contributed by atoms with E-state index in [2.05, 4.69) is 29.0 Å². The van der Waals surface area contributed by atoms with Crippen LogP contribution >= 0.6 is 0 Å². The van der Waals surface area contributed by atoms with Crippen molar-refractivity contribution >= 4 is 17.3 Å². The topological polar surface area (TPSA) is 80.3 Å². The van der Waals surface area contributed by atoms with E-state index < -0.39 is 11.6 Å². The second kappa shape index (κ2) is 11.0. The van der Waals surface area contributed by atoms with Gasteiger partial charge in [-0.25, -0.2) is 0 Å². The van der Waals surface area contributed by atoms with Crippen LogP contribution < -0.4 is 19.5 Å². The summed E-state index contributed by atoms with van der Waals surface area (Å²) >= 11 is 0. The lowest BCUT2D eigenvalue weighted by atomic mass is 9.90. The lowest BCUT2D eigenvalue weighted by molar-refractivity contribution is -0.112. The summed E-state index contributed by atoms with van der Waals surface area (Å²) in [6.45, 7) is 8.01. The number of carbonyl (C=O) groups excluding carboxylic acids is 2. The Labute approximate surface area is 212 Å². The van der Waals surface area contributed by atoms with Crippen LogP contribution in [0, 0.1) is 0 Å². The molecule has 4 rings (SSSR count). The van der Waals surface area contributed by atoms with E-state index in [-0.39, 0.29) is 6.17 Å². The fourth-order valence-electron chi connectivity index (χ4n) is 5.11. The van der Waals surface area contributed by atoms with Gasteiger partial charge in [0, 0.05) is 24.1 Å². The van der Waals surface area contributed by atoms with Crippen LogP contribution in [-0.4, -0.2) is 75.0 Å². The van der Waals surface area contributed by atoms with Crippen LogP contribution in [0.15, 0.2) is 42.1 Å². The third kappa shape index (κ3) is 4.65. The van der Waals surface area contributed by atoms with Crippen LogP contribution in [0.2, 0.25) is 0 Å². The molecule has 0 spiro atoms. The first kappa shape index (κ1) is 25.6. The van der Waals surface area contributed by atoms with Crippen LogP contribution in [0.25, 0.3) is 5.70 Å². The molecule has 0 aromatic heterocycles. The minimum atomic E-state index is -0.482. The molecule has 2 aliphatic rings. The number of methoxy groups -OCH3 is 3. The lowest BCUT2D eigenvalue weighted by Crippen LogP contribution is -2.40. The van der Waals surface area contributed by atoms with E-state index >= 15 is 0 Å². The first-order chi connectivity index (χ1) is 17.5. The fraction of sp³-hybridized carbons (Fsp3) is 0.429. The van der Waals surface area contributed by atoms with E-state index in [1.165, 1.54) is 0 Å². The number of Topliss-reactive ketones (excluding diaryl/α,β-unsaturated/α-hetero) is 2. The van der Waals surface area contributed by atoms with Crippen LogP contribution in [0.3, 0.4) is 0 Å². The number of allylic oxidation sites excluding steroid dienone is 1. The van der Waals surface area contributed by atoms with E-state index in [0.717, 1.165) is 49.4 Å². The van der Waals surface area contributed by atoms with Crippen LogP contribution in [-0.2, 0) is 11.2 Å². The quantitative estimate of drug-likeness (QED) is 0.478. The molecule has 1 aliphatic heterocycles. The number of rotatable bonds is 11. The zero-order chi connectivity index (χ0) is 25.8. The third-order valence-electron chi connectivity index (χ3n) is 6.99. The number of hydrogen-bond acceptors (Lipinski definition) is 8. The molecule has 0 saturated heterocycles. The molecular weight excluding hydrogens is 458 g/mol. The Balaban J connectivity index is 1.69. The van der Waals surface area contributed by atoms with Gasteiger partial charge in [-0.2, -0.15) is 0 Å². The smallest absolute Gasteiger partial charge is 0.251 e. The largest absolute Gasteiger partial charge is 0.493 e. The number of ether oxygens (including phenoxy) is 3. The molecule has 36 heavy (non-hydrogen) atoms. The Bertz CT molecular complexity index is 1150. The summed E-state index contributed by atoms with van der Waals surface area (Å²) in [5.74, 6) is 0.740. The Kier molecular flexibility index (Phi) is 7.84. The zero-order valence-electron chi connectivity index (χ0n) is 21.7. The van der Waals surface area contributed by atoms with Gasteiger partial charge in [0.2, 0.25) is 11.5 Å². The zero-order valence-corrected chi connectivity index (χ0v) is 21.7. The van der Waals surface area contributed by atoms with Gasteiger partial charge in [0.1, 0.15) is 11.9 Å². The minimum Gasteiger partial charge on any atom is -0.493 e. The second-order valence-corrected chi connectivity index (χ2v) is 8.90. The molecule has 1 aliphatic carbocycles. The number of benzene rings is 2. The summed E-state index contributed by atoms with van der Waals surface area (Å²) in [7, 11) is 4.76. The number of nitrogens with zero attached hydrogens (tertiary/aromatic N) is 2. The highest BCUT2D eigenvalue weighted by Gasteiger charge is 2.42. The molecule has 1 N–H and O–H groups in total. The fourth-order valence-corrected chi connectivity index (χ4v) is 5.11. The Hall–Kier alpha value is -3.52. The minimum absolute atomic E-state index is 0.211. The average Bonchev–Trinajstić information content (AvgIpc) is 3.27. The van der Waals surface area contributed by atoms with E-state index in [4.69, 9.17) is 14.2 Å².